The van der Waals surface area contributed by atoms with Crippen molar-refractivity contribution in [2.75, 3.05) is 13.2 Å². The zero-order chi connectivity index (χ0) is 12.2. The number of halogens is 2. The van der Waals surface area contributed by atoms with Crippen LogP contribution >= 0.6 is 15.9 Å². The van der Waals surface area contributed by atoms with Gasteiger partial charge in [-0.3, -0.25) is 0 Å². The van der Waals surface area contributed by atoms with Gasteiger partial charge in [0.1, 0.15) is 5.82 Å². The van der Waals surface area contributed by atoms with Gasteiger partial charge in [0.2, 0.25) is 0 Å². The van der Waals surface area contributed by atoms with E-state index in [1.165, 1.54) is 6.07 Å². The lowest BCUT2D eigenvalue weighted by Gasteiger charge is -2.28. The Labute approximate surface area is 103 Å². The van der Waals surface area contributed by atoms with Gasteiger partial charge >= 0.3 is 0 Å². The fourth-order valence-electron chi connectivity index (χ4n) is 1.59. The molecular formula is C12H16BrFO2. The van der Waals surface area contributed by atoms with Crippen molar-refractivity contribution in [3.63, 3.8) is 0 Å². The average molecular weight is 291 g/mol. The van der Waals surface area contributed by atoms with E-state index in [0.717, 1.165) is 5.56 Å². The van der Waals surface area contributed by atoms with E-state index in [9.17, 15) is 14.6 Å². The number of aliphatic hydroxyl groups excluding tert-OH is 2. The summed E-state index contributed by atoms with van der Waals surface area (Å²) in [7, 11) is 0. The molecule has 0 fully saturated rings. The smallest absolute Gasteiger partial charge is 0.137 e. The molecule has 4 heteroatoms. The Morgan fingerprint density at radius 3 is 2.38 bits per heavy atom. The molecular weight excluding hydrogens is 275 g/mol. The van der Waals surface area contributed by atoms with E-state index in [4.69, 9.17) is 0 Å². The molecule has 0 saturated heterocycles. The average Bonchev–Trinajstić information content (AvgIpc) is 2.31. The van der Waals surface area contributed by atoms with Crippen LogP contribution in [0.3, 0.4) is 0 Å². The molecule has 0 radical (unpaired) electrons. The quantitative estimate of drug-likeness (QED) is 0.875. The van der Waals surface area contributed by atoms with E-state index >= 15 is 0 Å². The first kappa shape index (κ1) is 13.6. The number of hydrogen-bond acceptors (Lipinski definition) is 2. The number of benzene rings is 1. The summed E-state index contributed by atoms with van der Waals surface area (Å²) in [5, 5.41) is 18.6. The second-order valence-corrected chi connectivity index (χ2v) is 4.95. The number of hydrogen-bond donors (Lipinski definition) is 2. The van der Waals surface area contributed by atoms with Gasteiger partial charge in [-0.05, 0) is 46.5 Å². The largest absolute Gasteiger partial charge is 0.396 e. The Hall–Kier alpha value is -0.450. The second-order valence-electron chi connectivity index (χ2n) is 4.10. The summed E-state index contributed by atoms with van der Waals surface area (Å²) in [5.74, 6) is -0.307. The van der Waals surface area contributed by atoms with Gasteiger partial charge < -0.3 is 10.2 Å². The van der Waals surface area contributed by atoms with Gasteiger partial charge in [-0.25, -0.2) is 4.39 Å². The fourth-order valence-corrected chi connectivity index (χ4v) is 2.02. The molecule has 0 aromatic heterocycles. The monoisotopic (exact) mass is 290 g/mol. The van der Waals surface area contributed by atoms with Gasteiger partial charge in [0, 0.05) is 5.41 Å². The molecule has 0 bridgehead atoms. The van der Waals surface area contributed by atoms with Crippen molar-refractivity contribution in [2.45, 2.75) is 19.8 Å². The molecule has 0 aliphatic rings. The van der Waals surface area contributed by atoms with Crippen LogP contribution < -0.4 is 0 Å². The Kier molecular flexibility index (Phi) is 4.89. The van der Waals surface area contributed by atoms with Crippen LogP contribution in [0, 0.1) is 11.2 Å². The van der Waals surface area contributed by atoms with Crippen LogP contribution in [0.5, 0.6) is 0 Å². The third-order valence-electron chi connectivity index (χ3n) is 2.98. The highest BCUT2D eigenvalue weighted by Gasteiger charge is 2.27. The molecule has 0 unspecified atom stereocenters. The highest BCUT2D eigenvalue weighted by atomic mass is 79.9. The predicted molar refractivity (Wildman–Crippen MR) is 64.7 cm³/mol. The maximum Gasteiger partial charge on any atom is 0.137 e. The second kappa shape index (κ2) is 5.75. The normalized spacial score (nSPS) is 11.8. The topological polar surface area (TPSA) is 40.5 Å². The van der Waals surface area contributed by atoms with E-state index in [-0.39, 0.29) is 19.0 Å². The minimum Gasteiger partial charge on any atom is -0.396 e. The van der Waals surface area contributed by atoms with E-state index < -0.39 is 5.41 Å². The van der Waals surface area contributed by atoms with Crippen LogP contribution in [0.2, 0.25) is 0 Å². The molecule has 1 aromatic rings. The standard InChI is InChI=1S/C12H16BrFO2/c1-2-12(7-15,8-16)6-9-3-4-11(14)10(13)5-9/h3-5,15-16H,2,6-8H2,1H3. The summed E-state index contributed by atoms with van der Waals surface area (Å²) in [4.78, 5) is 0. The summed E-state index contributed by atoms with van der Waals surface area (Å²) in [6.45, 7) is 1.77. The van der Waals surface area contributed by atoms with E-state index in [1.807, 2.05) is 6.92 Å². The molecule has 2 nitrogen and oxygen atoms in total. The van der Waals surface area contributed by atoms with Crippen molar-refractivity contribution in [3.8, 4) is 0 Å². The lowest BCUT2D eigenvalue weighted by Crippen LogP contribution is -2.31. The molecule has 0 saturated carbocycles. The highest BCUT2D eigenvalue weighted by molar-refractivity contribution is 9.10. The third kappa shape index (κ3) is 3.03. The van der Waals surface area contributed by atoms with Crippen LogP contribution in [0.4, 0.5) is 4.39 Å². The Bertz CT molecular complexity index is 343. The minimum atomic E-state index is -0.517. The first-order valence-electron chi connectivity index (χ1n) is 5.22. The van der Waals surface area contributed by atoms with Crippen molar-refractivity contribution in [1.82, 2.24) is 0 Å². The van der Waals surface area contributed by atoms with Crippen molar-refractivity contribution >= 4 is 15.9 Å². The van der Waals surface area contributed by atoms with Crippen LogP contribution in [0.1, 0.15) is 18.9 Å². The molecule has 1 aromatic carbocycles. The molecule has 1 rings (SSSR count). The summed E-state index contributed by atoms with van der Waals surface area (Å²) >= 11 is 3.12. The molecule has 0 aliphatic carbocycles. The predicted octanol–water partition coefficient (Wildman–Crippen LogP) is 2.51. The van der Waals surface area contributed by atoms with Gasteiger partial charge in [0.05, 0.1) is 17.7 Å². The zero-order valence-electron chi connectivity index (χ0n) is 9.21. The number of rotatable bonds is 5. The minimum absolute atomic E-state index is 0.0744. The number of aliphatic hydroxyl groups is 2. The summed E-state index contributed by atoms with van der Waals surface area (Å²) in [6.07, 6.45) is 1.21. The maximum absolute atomic E-state index is 13.0. The van der Waals surface area contributed by atoms with Crippen LogP contribution in [-0.4, -0.2) is 23.4 Å². The first-order chi connectivity index (χ1) is 7.56. The highest BCUT2D eigenvalue weighted by Crippen LogP contribution is 2.28. The van der Waals surface area contributed by atoms with Gasteiger partial charge in [0.25, 0.3) is 0 Å². The van der Waals surface area contributed by atoms with Crippen molar-refractivity contribution in [3.05, 3.63) is 34.1 Å². The van der Waals surface area contributed by atoms with Crippen molar-refractivity contribution in [2.24, 2.45) is 5.41 Å². The zero-order valence-corrected chi connectivity index (χ0v) is 10.8. The lowest BCUT2D eigenvalue weighted by atomic mass is 9.81. The Morgan fingerprint density at radius 1 is 1.31 bits per heavy atom. The lowest BCUT2D eigenvalue weighted by molar-refractivity contribution is 0.0514. The van der Waals surface area contributed by atoms with Crippen LogP contribution in [-0.2, 0) is 6.42 Å². The SMILES string of the molecule is CCC(CO)(CO)Cc1ccc(F)c(Br)c1. The van der Waals surface area contributed by atoms with Crippen LogP contribution in [0.15, 0.2) is 22.7 Å². The summed E-state index contributed by atoms with van der Waals surface area (Å²) in [6, 6.07) is 4.75. The third-order valence-corrected chi connectivity index (χ3v) is 3.59. The van der Waals surface area contributed by atoms with Crippen molar-refractivity contribution in [1.29, 1.82) is 0 Å². The fraction of sp³-hybridized carbons (Fsp3) is 0.500. The van der Waals surface area contributed by atoms with Gasteiger partial charge in [-0.2, -0.15) is 0 Å². The Balaban J connectivity index is 2.89. The van der Waals surface area contributed by atoms with Crippen molar-refractivity contribution < 1.29 is 14.6 Å². The summed E-state index contributed by atoms with van der Waals surface area (Å²) in [5.41, 5.74) is 0.385. The summed E-state index contributed by atoms with van der Waals surface area (Å²) < 4.78 is 13.4. The maximum atomic E-state index is 13.0. The van der Waals surface area contributed by atoms with E-state index in [0.29, 0.717) is 17.3 Å². The van der Waals surface area contributed by atoms with Gasteiger partial charge in [0.15, 0.2) is 0 Å². The van der Waals surface area contributed by atoms with Gasteiger partial charge in [-0.15, -0.1) is 0 Å². The van der Waals surface area contributed by atoms with E-state index in [1.54, 1.807) is 12.1 Å². The van der Waals surface area contributed by atoms with Crippen LogP contribution in [0.25, 0.3) is 0 Å². The molecule has 0 atom stereocenters. The Morgan fingerprint density at radius 2 is 1.94 bits per heavy atom. The molecule has 0 amide bonds. The molecule has 0 heterocycles. The van der Waals surface area contributed by atoms with E-state index in [2.05, 4.69) is 15.9 Å². The molecule has 16 heavy (non-hydrogen) atoms. The molecule has 0 aliphatic heterocycles. The molecule has 2 N–H and O–H groups in total. The van der Waals surface area contributed by atoms with Gasteiger partial charge in [-0.1, -0.05) is 13.0 Å². The molecule has 0 spiro atoms. The first-order valence-corrected chi connectivity index (χ1v) is 6.02. The molecule has 90 valence electrons.